The molecule has 0 aliphatic carbocycles. The Hall–Kier alpha value is 0.492. The van der Waals surface area contributed by atoms with Gasteiger partial charge in [0, 0.05) is 6.61 Å². The summed E-state index contributed by atoms with van der Waals surface area (Å²) in [5.41, 5.74) is 0. The fourth-order valence-corrected chi connectivity index (χ4v) is 0.759. The van der Waals surface area contributed by atoms with Crippen molar-refractivity contribution in [3.63, 3.8) is 0 Å². The van der Waals surface area contributed by atoms with Gasteiger partial charge in [0.1, 0.15) is 0 Å². The van der Waals surface area contributed by atoms with Gasteiger partial charge in [-0.3, -0.25) is 0 Å². The maximum atomic E-state index is 5.05. The van der Waals surface area contributed by atoms with Crippen LogP contribution in [0.15, 0.2) is 0 Å². The largest absolute Gasteiger partial charge is 0.506 e. The minimum absolute atomic E-state index is 0.851. The molecule has 0 radical (unpaired) electrons. The van der Waals surface area contributed by atoms with Gasteiger partial charge < -0.3 is 3.79 Å². The van der Waals surface area contributed by atoms with Crippen molar-refractivity contribution < 1.29 is 3.79 Å². The van der Waals surface area contributed by atoms with Gasteiger partial charge in [0.05, 0.1) is 0 Å². The Morgan fingerprint density at radius 1 is 1.62 bits per heavy atom. The summed E-state index contributed by atoms with van der Waals surface area (Å²) in [4.78, 5) is 0. The maximum absolute atomic E-state index is 5.05. The van der Waals surface area contributed by atoms with Gasteiger partial charge in [-0.2, -0.15) is 0 Å². The third-order valence-electron chi connectivity index (χ3n) is 1.51. The minimum atomic E-state index is 0.851. The van der Waals surface area contributed by atoms with E-state index < -0.39 is 0 Å². The average molecular weight is 130 g/mol. The molecule has 0 spiro atoms. The topological polar surface area (TPSA) is 9.23 Å². The molecule has 1 unspecified atom stereocenters. The second kappa shape index (κ2) is 5.63. The summed E-state index contributed by atoms with van der Waals surface area (Å²) < 4.78 is 5.05. The van der Waals surface area contributed by atoms with Crippen LogP contribution in [0.1, 0.15) is 26.7 Å². The SMILES string of the molecule is CCC(C)CC[O][AlH2]. The van der Waals surface area contributed by atoms with E-state index in [1.165, 1.54) is 12.8 Å². The monoisotopic (exact) mass is 130 g/mol. The third-order valence-corrected chi connectivity index (χ3v) is 1.92. The zero-order chi connectivity index (χ0) is 6.41. The highest BCUT2D eigenvalue weighted by molar-refractivity contribution is 5.97. The predicted octanol–water partition coefficient (Wildman–Crippen LogP) is 0.987. The lowest BCUT2D eigenvalue weighted by Gasteiger charge is -2.05. The fraction of sp³-hybridized carbons (Fsp3) is 1.00. The van der Waals surface area contributed by atoms with Crippen molar-refractivity contribution in [2.45, 2.75) is 26.7 Å². The Balaban J connectivity index is 2.86. The molecule has 0 saturated carbocycles. The lowest BCUT2D eigenvalue weighted by Crippen LogP contribution is -1.98. The van der Waals surface area contributed by atoms with Crippen LogP contribution in [-0.2, 0) is 3.79 Å². The normalized spacial score (nSPS) is 13.8. The van der Waals surface area contributed by atoms with Crippen LogP contribution in [0.5, 0.6) is 0 Å². The van der Waals surface area contributed by atoms with Crippen LogP contribution >= 0.6 is 0 Å². The second-order valence-electron chi connectivity index (χ2n) is 2.29. The first kappa shape index (κ1) is 8.49. The summed E-state index contributed by atoms with van der Waals surface area (Å²) in [7, 11) is 0. The Morgan fingerprint density at radius 3 is 2.62 bits per heavy atom. The van der Waals surface area contributed by atoms with Gasteiger partial charge in [-0.15, -0.1) is 0 Å². The quantitative estimate of drug-likeness (QED) is 0.515. The van der Waals surface area contributed by atoms with E-state index in [9.17, 15) is 0 Å². The van der Waals surface area contributed by atoms with Gasteiger partial charge in [0.15, 0.2) is 0 Å². The van der Waals surface area contributed by atoms with Crippen LogP contribution < -0.4 is 0 Å². The molecule has 0 amide bonds. The van der Waals surface area contributed by atoms with Gasteiger partial charge in [0.2, 0.25) is 0 Å². The summed E-state index contributed by atoms with van der Waals surface area (Å²) in [6.07, 6.45) is 2.52. The Kier molecular flexibility index (Phi) is 5.97. The zero-order valence-corrected chi connectivity index (χ0v) is 8.11. The van der Waals surface area contributed by atoms with Crippen LogP contribution in [-0.4, -0.2) is 23.2 Å². The van der Waals surface area contributed by atoms with Gasteiger partial charge in [-0.05, 0) is 12.3 Å². The summed E-state index contributed by atoms with van der Waals surface area (Å²) in [5, 5.41) is 0. The maximum Gasteiger partial charge on any atom is 0.410 e. The van der Waals surface area contributed by atoms with Crippen molar-refractivity contribution in [1.29, 1.82) is 0 Å². The highest BCUT2D eigenvalue weighted by Gasteiger charge is 1.94. The first-order chi connectivity index (χ1) is 3.81. The molecule has 0 aromatic heterocycles. The van der Waals surface area contributed by atoms with Crippen molar-refractivity contribution in [3.8, 4) is 0 Å². The minimum Gasteiger partial charge on any atom is -0.506 e. The second-order valence-corrected chi connectivity index (χ2v) is 2.87. The van der Waals surface area contributed by atoms with E-state index in [0.29, 0.717) is 0 Å². The van der Waals surface area contributed by atoms with Crippen LogP contribution in [0.4, 0.5) is 0 Å². The molecular weight excluding hydrogens is 115 g/mol. The molecule has 8 heavy (non-hydrogen) atoms. The van der Waals surface area contributed by atoms with E-state index in [4.69, 9.17) is 3.79 Å². The van der Waals surface area contributed by atoms with Crippen molar-refractivity contribution in [2.24, 2.45) is 5.92 Å². The van der Waals surface area contributed by atoms with Gasteiger partial charge in [0.25, 0.3) is 0 Å². The molecule has 0 aliphatic heterocycles. The summed E-state index contributed by atoms with van der Waals surface area (Å²) in [5.74, 6) is 0.851. The van der Waals surface area contributed by atoms with E-state index in [1.54, 1.807) is 0 Å². The molecule has 0 rings (SSSR count). The molecule has 1 atom stereocenters. The zero-order valence-electron chi connectivity index (χ0n) is 6.11. The highest BCUT2D eigenvalue weighted by Crippen LogP contribution is 2.04. The molecule has 0 aliphatic rings. The van der Waals surface area contributed by atoms with Crippen LogP contribution in [0, 0.1) is 5.92 Å². The molecule has 0 aromatic rings. The fourth-order valence-electron chi connectivity index (χ4n) is 0.523. The Morgan fingerprint density at radius 2 is 2.25 bits per heavy atom. The molecule has 0 fully saturated rings. The van der Waals surface area contributed by atoms with Crippen molar-refractivity contribution >= 4 is 16.6 Å². The van der Waals surface area contributed by atoms with Gasteiger partial charge in [-0.1, -0.05) is 20.3 Å². The van der Waals surface area contributed by atoms with Crippen LogP contribution in [0.3, 0.4) is 0 Å². The van der Waals surface area contributed by atoms with Crippen molar-refractivity contribution in [2.75, 3.05) is 6.61 Å². The van der Waals surface area contributed by atoms with Crippen molar-refractivity contribution in [1.82, 2.24) is 0 Å². The lowest BCUT2D eigenvalue weighted by molar-refractivity contribution is 0.305. The lowest BCUT2D eigenvalue weighted by atomic mass is 10.1. The van der Waals surface area contributed by atoms with E-state index >= 15 is 0 Å². The smallest absolute Gasteiger partial charge is 0.410 e. The Bertz CT molecular complexity index is 47.8. The summed E-state index contributed by atoms with van der Waals surface area (Å²) in [6, 6.07) is 0. The van der Waals surface area contributed by atoms with E-state index in [2.05, 4.69) is 13.8 Å². The van der Waals surface area contributed by atoms with Crippen molar-refractivity contribution in [3.05, 3.63) is 0 Å². The number of rotatable bonds is 4. The van der Waals surface area contributed by atoms with Crippen LogP contribution in [0.25, 0.3) is 0 Å². The van der Waals surface area contributed by atoms with Gasteiger partial charge in [-0.25, -0.2) is 0 Å². The predicted molar refractivity (Wildman–Crippen MR) is 38.6 cm³/mol. The molecule has 48 valence electrons. The number of hydrogen-bond acceptors (Lipinski definition) is 1. The first-order valence-corrected chi connectivity index (χ1v) is 4.11. The summed E-state index contributed by atoms with van der Waals surface area (Å²) in [6.45, 7) is 5.46. The molecule has 0 saturated heterocycles. The molecule has 0 bridgehead atoms. The van der Waals surface area contributed by atoms with E-state index in [1.807, 2.05) is 0 Å². The van der Waals surface area contributed by atoms with E-state index in [0.717, 1.165) is 29.1 Å². The first-order valence-electron chi connectivity index (χ1n) is 3.30. The molecular formula is C6H15AlO. The molecule has 1 nitrogen and oxygen atoms in total. The van der Waals surface area contributed by atoms with E-state index in [-0.39, 0.29) is 0 Å². The third kappa shape index (κ3) is 4.65. The standard InChI is InChI=1S/C6H13O.Al.2H/c1-3-6(2)4-5-7;;;/h6H,3-5H2,1-2H3;;;/q-1;+1;;. The van der Waals surface area contributed by atoms with Crippen LogP contribution in [0.2, 0.25) is 0 Å². The molecule has 0 N–H and O–H groups in total. The highest BCUT2D eigenvalue weighted by atomic mass is 27.1. The molecule has 0 aromatic carbocycles. The number of hydrogen-bond donors (Lipinski definition) is 0. The molecule has 0 heterocycles. The summed E-state index contributed by atoms with van der Waals surface area (Å²) >= 11 is 0.897. The average Bonchev–Trinajstić information content (AvgIpc) is 1.83. The van der Waals surface area contributed by atoms with Gasteiger partial charge >= 0.3 is 16.6 Å². The molecule has 2 heteroatoms. The Labute approximate surface area is 60.2 Å².